The van der Waals surface area contributed by atoms with E-state index in [4.69, 9.17) is 4.74 Å². The van der Waals surface area contributed by atoms with E-state index in [1.165, 1.54) is 11.1 Å². The standard InChI is InChI=1S/C15H20O/c1-11-9-12(2)16-15(10-11)13(3)14-7-5-4-6-8-14/h4-9,12-13,15H,10H2,1-3H3/t12-,13-,15-/m1/s1. The van der Waals surface area contributed by atoms with Gasteiger partial charge in [0.25, 0.3) is 0 Å². The van der Waals surface area contributed by atoms with Crippen LogP contribution in [0.15, 0.2) is 42.0 Å². The molecule has 3 atom stereocenters. The molecule has 1 nitrogen and oxygen atoms in total. The maximum atomic E-state index is 6.00. The highest BCUT2D eigenvalue weighted by molar-refractivity contribution is 5.21. The van der Waals surface area contributed by atoms with E-state index in [9.17, 15) is 0 Å². The minimum atomic E-state index is 0.255. The summed E-state index contributed by atoms with van der Waals surface area (Å²) in [6.45, 7) is 6.57. The lowest BCUT2D eigenvalue weighted by Gasteiger charge is -2.31. The van der Waals surface area contributed by atoms with E-state index in [-0.39, 0.29) is 6.10 Å². The van der Waals surface area contributed by atoms with Gasteiger partial charge in [0.05, 0.1) is 12.2 Å². The molecule has 0 fully saturated rings. The largest absolute Gasteiger partial charge is 0.370 e. The molecule has 1 heterocycles. The fraction of sp³-hybridized carbons (Fsp3) is 0.467. The third-order valence-electron chi connectivity index (χ3n) is 3.31. The molecule has 1 aromatic carbocycles. The summed E-state index contributed by atoms with van der Waals surface area (Å²) in [6.07, 6.45) is 3.85. The Hall–Kier alpha value is -1.08. The highest BCUT2D eigenvalue weighted by Gasteiger charge is 2.24. The Morgan fingerprint density at radius 1 is 1.25 bits per heavy atom. The molecule has 16 heavy (non-hydrogen) atoms. The molecule has 0 aromatic heterocycles. The van der Waals surface area contributed by atoms with Crippen LogP contribution in [0.2, 0.25) is 0 Å². The molecule has 1 heteroatoms. The fourth-order valence-electron chi connectivity index (χ4n) is 2.42. The van der Waals surface area contributed by atoms with Crippen molar-refractivity contribution in [2.24, 2.45) is 0 Å². The second-order valence-electron chi connectivity index (χ2n) is 4.80. The summed E-state index contributed by atoms with van der Waals surface area (Å²) in [5.41, 5.74) is 2.82. The zero-order valence-corrected chi connectivity index (χ0v) is 10.3. The third kappa shape index (κ3) is 2.53. The minimum absolute atomic E-state index is 0.255. The van der Waals surface area contributed by atoms with Gasteiger partial charge in [0.15, 0.2) is 0 Å². The van der Waals surface area contributed by atoms with Crippen molar-refractivity contribution in [1.82, 2.24) is 0 Å². The predicted octanol–water partition coefficient (Wildman–Crippen LogP) is 3.91. The first-order valence-corrected chi connectivity index (χ1v) is 6.04. The third-order valence-corrected chi connectivity index (χ3v) is 3.31. The Morgan fingerprint density at radius 2 is 1.94 bits per heavy atom. The molecular weight excluding hydrogens is 196 g/mol. The molecule has 0 N–H and O–H groups in total. The molecule has 1 aromatic rings. The van der Waals surface area contributed by atoms with Crippen LogP contribution in [0.5, 0.6) is 0 Å². The zero-order chi connectivity index (χ0) is 11.5. The van der Waals surface area contributed by atoms with Crippen molar-refractivity contribution in [2.45, 2.75) is 45.3 Å². The topological polar surface area (TPSA) is 9.23 Å². The van der Waals surface area contributed by atoms with Gasteiger partial charge in [-0.05, 0) is 25.8 Å². The predicted molar refractivity (Wildman–Crippen MR) is 67.6 cm³/mol. The van der Waals surface area contributed by atoms with Gasteiger partial charge >= 0.3 is 0 Å². The smallest absolute Gasteiger partial charge is 0.0734 e. The van der Waals surface area contributed by atoms with Crippen LogP contribution in [0, 0.1) is 0 Å². The van der Waals surface area contributed by atoms with E-state index in [1.54, 1.807) is 0 Å². The van der Waals surface area contributed by atoms with Gasteiger partial charge in [-0.15, -0.1) is 0 Å². The summed E-state index contributed by atoms with van der Waals surface area (Å²) < 4.78 is 6.00. The molecule has 0 spiro atoms. The van der Waals surface area contributed by atoms with Gasteiger partial charge in [-0.1, -0.05) is 48.9 Å². The van der Waals surface area contributed by atoms with Crippen molar-refractivity contribution >= 4 is 0 Å². The van der Waals surface area contributed by atoms with Crippen LogP contribution in [0.25, 0.3) is 0 Å². The molecule has 0 aliphatic carbocycles. The molecule has 86 valence electrons. The van der Waals surface area contributed by atoms with E-state index in [1.807, 2.05) is 0 Å². The number of rotatable bonds is 2. The van der Waals surface area contributed by atoms with Crippen molar-refractivity contribution in [3.8, 4) is 0 Å². The first kappa shape index (κ1) is 11.4. The van der Waals surface area contributed by atoms with Crippen molar-refractivity contribution in [1.29, 1.82) is 0 Å². The summed E-state index contributed by atoms with van der Waals surface area (Å²) in [5, 5.41) is 0. The monoisotopic (exact) mass is 216 g/mol. The van der Waals surface area contributed by atoms with Crippen LogP contribution >= 0.6 is 0 Å². The summed E-state index contributed by atoms with van der Waals surface area (Å²) in [4.78, 5) is 0. The van der Waals surface area contributed by atoms with Crippen molar-refractivity contribution < 1.29 is 4.74 Å². The average Bonchev–Trinajstić information content (AvgIpc) is 2.28. The molecule has 0 saturated heterocycles. The van der Waals surface area contributed by atoms with Crippen LogP contribution in [0.1, 0.15) is 38.7 Å². The zero-order valence-electron chi connectivity index (χ0n) is 10.3. The first-order chi connectivity index (χ1) is 7.66. The van der Waals surface area contributed by atoms with Gasteiger partial charge in [-0.25, -0.2) is 0 Å². The van der Waals surface area contributed by atoms with Crippen molar-refractivity contribution in [3.05, 3.63) is 47.5 Å². The SMILES string of the molecule is CC1=C[C@@H](C)O[C@@H]([C@H](C)c2ccccc2)C1. The van der Waals surface area contributed by atoms with E-state index in [2.05, 4.69) is 57.2 Å². The normalized spacial score (nSPS) is 27.3. The van der Waals surface area contributed by atoms with Gasteiger partial charge in [-0.3, -0.25) is 0 Å². The van der Waals surface area contributed by atoms with Gasteiger partial charge in [-0.2, -0.15) is 0 Å². The maximum absolute atomic E-state index is 6.00. The number of ether oxygens (including phenoxy) is 1. The van der Waals surface area contributed by atoms with Crippen LogP contribution in [0.3, 0.4) is 0 Å². The quantitative estimate of drug-likeness (QED) is 0.681. The summed E-state index contributed by atoms with van der Waals surface area (Å²) in [7, 11) is 0. The molecule has 1 aliphatic rings. The number of benzene rings is 1. The molecule has 0 saturated carbocycles. The first-order valence-electron chi connectivity index (χ1n) is 6.04. The van der Waals surface area contributed by atoms with Crippen LogP contribution < -0.4 is 0 Å². The Labute approximate surface area is 98.1 Å². The second kappa shape index (κ2) is 4.84. The Balaban J connectivity index is 2.12. The molecule has 2 rings (SSSR count). The Bertz CT molecular complexity index is 366. The molecule has 0 radical (unpaired) electrons. The number of hydrogen-bond acceptors (Lipinski definition) is 1. The summed E-state index contributed by atoms with van der Waals surface area (Å²) in [5.74, 6) is 0.465. The van der Waals surface area contributed by atoms with Crippen LogP contribution in [0.4, 0.5) is 0 Å². The van der Waals surface area contributed by atoms with Crippen molar-refractivity contribution in [3.63, 3.8) is 0 Å². The van der Waals surface area contributed by atoms with Crippen molar-refractivity contribution in [2.75, 3.05) is 0 Å². The Kier molecular flexibility index (Phi) is 3.45. The Morgan fingerprint density at radius 3 is 2.56 bits per heavy atom. The van der Waals surface area contributed by atoms with Gasteiger partial charge in [0.2, 0.25) is 0 Å². The second-order valence-corrected chi connectivity index (χ2v) is 4.80. The highest BCUT2D eigenvalue weighted by Crippen LogP contribution is 2.30. The lowest BCUT2D eigenvalue weighted by Crippen LogP contribution is -2.28. The number of hydrogen-bond donors (Lipinski definition) is 0. The van der Waals surface area contributed by atoms with E-state index < -0.39 is 0 Å². The molecule has 1 aliphatic heterocycles. The lowest BCUT2D eigenvalue weighted by atomic mass is 9.89. The van der Waals surface area contributed by atoms with Crippen LogP contribution in [-0.4, -0.2) is 12.2 Å². The maximum Gasteiger partial charge on any atom is 0.0734 e. The van der Waals surface area contributed by atoms with Crippen LogP contribution in [-0.2, 0) is 4.74 Å². The van der Waals surface area contributed by atoms with E-state index in [0.29, 0.717) is 12.0 Å². The lowest BCUT2D eigenvalue weighted by molar-refractivity contribution is -0.000553. The fourth-order valence-corrected chi connectivity index (χ4v) is 2.42. The van der Waals surface area contributed by atoms with Gasteiger partial charge < -0.3 is 4.74 Å². The average molecular weight is 216 g/mol. The van der Waals surface area contributed by atoms with Gasteiger partial charge in [0, 0.05) is 5.92 Å². The van der Waals surface area contributed by atoms with Gasteiger partial charge in [0.1, 0.15) is 0 Å². The summed E-state index contributed by atoms with van der Waals surface area (Å²) >= 11 is 0. The molecular formula is C15H20O. The highest BCUT2D eigenvalue weighted by atomic mass is 16.5. The molecule has 0 unspecified atom stereocenters. The van der Waals surface area contributed by atoms with E-state index in [0.717, 1.165) is 6.42 Å². The molecule has 0 bridgehead atoms. The minimum Gasteiger partial charge on any atom is -0.370 e. The summed E-state index contributed by atoms with van der Waals surface area (Å²) in [6, 6.07) is 10.6. The van der Waals surface area contributed by atoms with E-state index >= 15 is 0 Å². The molecule has 0 amide bonds.